The molecule has 0 bridgehead atoms. The second kappa shape index (κ2) is 4.34. The van der Waals surface area contributed by atoms with Gasteiger partial charge in [-0.05, 0) is 43.5 Å². The summed E-state index contributed by atoms with van der Waals surface area (Å²) in [4.78, 5) is 13.7. The van der Waals surface area contributed by atoms with Crippen LogP contribution < -0.4 is 4.90 Å². The first kappa shape index (κ1) is 11.1. The van der Waals surface area contributed by atoms with E-state index < -0.39 is 0 Å². The van der Waals surface area contributed by atoms with Crippen molar-refractivity contribution in [2.24, 2.45) is 0 Å². The summed E-state index contributed by atoms with van der Waals surface area (Å²) < 4.78 is 5.41. The predicted molar refractivity (Wildman–Crippen MR) is 66.2 cm³/mol. The van der Waals surface area contributed by atoms with Crippen LogP contribution in [0, 0.1) is 11.3 Å². The maximum atomic E-state index is 11.9. The van der Waals surface area contributed by atoms with Crippen molar-refractivity contribution in [1.82, 2.24) is 0 Å². The van der Waals surface area contributed by atoms with Crippen LogP contribution in [0.5, 0.6) is 0 Å². The number of nitrogens with zero attached hydrogens (tertiary/aromatic N) is 2. The Morgan fingerprint density at radius 2 is 1.94 bits per heavy atom. The second-order valence-electron chi connectivity index (χ2n) is 4.80. The smallest absolute Gasteiger partial charge is 0.415 e. The van der Waals surface area contributed by atoms with E-state index >= 15 is 0 Å². The van der Waals surface area contributed by atoms with Gasteiger partial charge < -0.3 is 4.74 Å². The fraction of sp³-hybridized carbons (Fsp3) is 0.429. The molecule has 1 aliphatic carbocycles. The van der Waals surface area contributed by atoms with Gasteiger partial charge in [-0.2, -0.15) is 5.26 Å². The van der Waals surface area contributed by atoms with E-state index in [1.54, 1.807) is 17.0 Å². The minimum atomic E-state index is -0.253. The molecule has 2 fully saturated rings. The van der Waals surface area contributed by atoms with Crippen molar-refractivity contribution in [3.8, 4) is 6.07 Å². The number of benzene rings is 1. The van der Waals surface area contributed by atoms with Crippen LogP contribution in [0.1, 0.15) is 31.2 Å². The van der Waals surface area contributed by atoms with Crippen LogP contribution in [0.15, 0.2) is 24.3 Å². The molecule has 1 aromatic carbocycles. The molecule has 0 spiro atoms. The summed E-state index contributed by atoms with van der Waals surface area (Å²) in [5, 5.41) is 8.78. The summed E-state index contributed by atoms with van der Waals surface area (Å²) in [6.07, 6.45) is 4.03. The van der Waals surface area contributed by atoms with Crippen LogP contribution in [0.2, 0.25) is 0 Å². The number of carbonyl (C=O) groups excluding carboxylic acids is 1. The summed E-state index contributed by atoms with van der Waals surface area (Å²) in [5.74, 6) is 0. The average molecular weight is 242 g/mol. The van der Waals surface area contributed by atoms with Gasteiger partial charge in [0.25, 0.3) is 0 Å². The SMILES string of the molecule is N#Cc1ccc(N2C(=O)O[C@@H]3CCCC[C@@H]32)cc1. The molecule has 92 valence electrons. The number of carbonyl (C=O) groups is 1. The highest BCUT2D eigenvalue weighted by molar-refractivity contribution is 5.90. The zero-order valence-corrected chi connectivity index (χ0v) is 10.0. The Bertz CT molecular complexity index is 504. The zero-order chi connectivity index (χ0) is 12.5. The van der Waals surface area contributed by atoms with E-state index in [0.29, 0.717) is 5.56 Å². The van der Waals surface area contributed by atoms with Crippen molar-refractivity contribution in [2.75, 3.05) is 4.90 Å². The highest BCUT2D eigenvalue weighted by atomic mass is 16.6. The standard InChI is InChI=1S/C14H14N2O2/c15-9-10-5-7-11(8-6-10)16-12-3-1-2-4-13(12)18-14(16)17/h5-8,12-13H,1-4H2/t12-,13+/m0/s1. The number of hydrogen-bond acceptors (Lipinski definition) is 3. The van der Waals surface area contributed by atoms with E-state index in [2.05, 4.69) is 6.07 Å². The number of ether oxygens (including phenoxy) is 1. The maximum absolute atomic E-state index is 11.9. The number of anilines is 1. The molecule has 4 heteroatoms. The minimum Gasteiger partial charge on any atom is -0.444 e. The Labute approximate surface area is 106 Å². The summed E-state index contributed by atoms with van der Waals surface area (Å²) >= 11 is 0. The molecule has 0 N–H and O–H groups in total. The Morgan fingerprint density at radius 3 is 2.67 bits per heavy atom. The molecule has 4 nitrogen and oxygen atoms in total. The van der Waals surface area contributed by atoms with E-state index in [1.165, 1.54) is 0 Å². The van der Waals surface area contributed by atoms with Gasteiger partial charge in [-0.1, -0.05) is 6.42 Å². The molecule has 1 aromatic rings. The van der Waals surface area contributed by atoms with Crippen LogP contribution in [0.25, 0.3) is 0 Å². The fourth-order valence-electron chi connectivity index (χ4n) is 2.83. The van der Waals surface area contributed by atoms with E-state index in [-0.39, 0.29) is 18.2 Å². The first-order chi connectivity index (χ1) is 8.79. The van der Waals surface area contributed by atoms with Gasteiger partial charge >= 0.3 is 6.09 Å². The van der Waals surface area contributed by atoms with Gasteiger partial charge in [-0.15, -0.1) is 0 Å². The summed E-state index contributed by atoms with van der Waals surface area (Å²) in [5.41, 5.74) is 1.43. The lowest BCUT2D eigenvalue weighted by Crippen LogP contribution is -2.38. The number of rotatable bonds is 1. The molecule has 1 aliphatic heterocycles. The van der Waals surface area contributed by atoms with E-state index in [9.17, 15) is 4.79 Å². The third-order valence-electron chi connectivity index (χ3n) is 3.72. The van der Waals surface area contributed by atoms with E-state index in [4.69, 9.17) is 10.00 Å². The Balaban J connectivity index is 1.90. The molecule has 18 heavy (non-hydrogen) atoms. The Hall–Kier alpha value is -2.02. The number of fused-ring (bicyclic) bond motifs is 1. The molecular formula is C14H14N2O2. The zero-order valence-electron chi connectivity index (χ0n) is 10.0. The van der Waals surface area contributed by atoms with E-state index in [0.717, 1.165) is 31.4 Å². The fourth-order valence-corrected chi connectivity index (χ4v) is 2.83. The summed E-state index contributed by atoms with van der Waals surface area (Å²) in [6, 6.07) is 9.35. The normalized spacial score (nSPS) is 26.4. The molecule has 0 aromatic heterocycles. The molecule has 0 unspecified atom stereocenters. The monoisotopic (exact) mass is 242 g/mol. The molecule has 2 aliphatic rings. The number of nitriles is 1. The van der Waals surface area contributed by atoms with Crippen LogP contribution in [-0.2, 0) is 4.74 Å². The average Bonchev–Trinajstić information content (AvgIpc) is 2.75. The lowest BCUT2D eigenvalue weighted by Gasteiger charge is -2.27. The quantitative estimate of drug-likeness (QED) is 0.760. The molecular weight excluding hydrogens is 228 g/mol. The van der Waals surface area contributed by atoms with Crippen molar-refractivity contribution in [1.29, 1.82) is 5.26 Å². The van der Waals surface area contributed by atoms with Gasteiger partial charge in [0, 0.05) is 5.69 Å². The molecule has 1 amide bonds. The van der Waals surface area contributed by atoms with Gasteiger partial charge in [0.15, 0.2) is 0 Å². The van der Waals surface area contributed by atoms with Gasteiger partial charge in [0.1, 0.15) is 6.10 Å². The van der Waals surface area contributed by atoms with Crippen LogP contribution >= 0.6 is 0 Å². The molecule has 1 heterocycles. The summed E-state index contributed by atoms with van der Waals surface area (Å²) in [6.45, 7) is 0. The van der Waals surface area contributed by atoms with Gasteiger partial charge in [-0.25, -0.2) is 4.79 Å². The molecule has 1 saturated carbocycles. The first-order valence-electron chi connectivity index (χ1n) is 6.29. The Morgan fingerprint density at radius 1 is 1.22 bits per heavy atom. The molecule has 0 radical (unpaired) electrons. The Kier molecular flexibility index (Phi) is 2.67. The van der Waals surface area contributed by atoms with Crippen molar-refractivity contribution in [3.63, 3.8) is 0 Å². The third kappa shape index (κ3) is 1.72. The van der Waals surface area contributed by atoms with Gasteiger partial charge in [-0.3, -0.25) is 4.90 Å². The maximum Gasteiger partial charge on any atom is 0.415 e. The lowest BCUT2D eigenvalue weighted by molar-refractivity contribution is 0.113. The van der Waals surface area contributed by atoms with Crippen LogP contribution in [0.3, 0.4) is 0 Å². The largest absolute Gasteiger partial charge is 0.444 e. The predicted octanol–water partition coefficient (Wildman–Crippen LogP) is 2.83. The number of hydrogen-bond donors (Lipinski definition) is 0. The minimum absolute atomic E-state index is 0.0434. The van der Waals surface area contributed by atoms with Crippen molar-refractivity contribution in [3.05, 3.63) is 29.8 Å². The molecule has 1 saturated heterocycles. The third-order valence-corrected chi connectivity index (χ3v) is 3.72. The van der Waals surface area contributed by atoms with E-state index in [1.807, 2.05) is 12.1 Å². The molecule has 3 rings (SSSR count). The van der Waals surface area contributed by atoms with Crippen molar-refractivity contribution < 1.29 is 9.53 Å². The van der Waals surface area contributed by atoms with Gasteiger partial charge in [0.2, 0.25) is 0 Å². The summed E-state index contributed by atoms with van der Waals surface area (Å²) in [7, 11) is 0. The van der Waals surface area contributed by atoms with Crippen LogP contribution in [-0.4, -0.2) is 18.2 Å². The van der Waals surface area contributed by atoms with Crippen molar-refractivity contribution in [2.45, 2.75) is 37.8 Å². The highest BCUT2D eigenvalue weighted by Gasteiger charge is 2.43. The first-order valence-corrected chi connectivity index (χ1v) is 6.29. The van der Waals surface area contributed by atoms with Crippen molar-refractivity contribution >= 4 is 11.8 Å². The van der Waals surface area contributed by atoms with Crippen LogP contribution in [0.4, 0.5) is 10.5 Å². The second-order valence-corrected chi connectivity index (χ2v) is 4.80. The topological polar surface area (TPSA) is 53.3 Å². The van der Waals surface area contributed by atoms with Gasteiger partial charge in [0.05, 0.1) is 17.7 Å². The lowest BCUT2D eigenvalue weighted by atomic mass is 9.92. The molecule has 2 atom stereocenters. The highest BCUT2D eigenvalue weighted by Crippen LogP contribution is 2.35. The number of amides is 1.